The lowest BCUT2D eigenvalue weighted by Crippen LogP contribution is -2.47. The highest BCUT2D eigenvalue weighted by Crippen LogP contribution is 2.23. The second-order valence-electron chi connectivity index (χ2n) is 6.62. The largest absolute Gasteiger partial charge is 0.435 e. The summed E-state index contributed by atoms with van der Waals surface area (Å²) in [4.78, 5) is 16.4. The van der Waals surface area contributed by atoms with Crippen molar-refractivity contribution in [1.82, 2.24) is 9.80 Å². The third-order valence-electron chi connectivity index (χ3n) is 4.62. The molecule has 0 N–H and O–H groups in total. The van der Waals surface area contributed by atoms with E-state index in [0.717, 1.165) is 24.2 Å². The highest BCUT2D eigenvalue weighted by Gasteiger charge is 2.20. The van der Waals surface area contributed by atoms with Crippen molar-refractivity contribution >= 4 is 35.2 Å². The van der Waals surface area contributed by atoms with Crippen molar-refractivity contribution in [3.63, 3.8) is 0 Å². The van der Waals surface area contributed by atoms with Gasteiger partial charge in [0, 0.05) is 48.8 Å². The maximum absolute atomic E-state index is 12.4. The number of carbonyl (C=O) groups is 1. The van der Waals surface area contributed by atoms with E-state index >= 15 is 0 Å². The van der Waals surface area contributed by atoms with Gasteiger partial charge in [-0.05, 0) is 41.5 Å². The summed E-state index contributed by atoms with van der Waals surface area (Å²) < 4.78 is 28.6. The summed E-state index contributed by atoms with van der Waals surface area (Å²) >= 11 is 12.2. The standard InChI is InChI=1S/C21H20Cl2F2N2O2/c22-17-5-4-16(19(23)13-17)14-26-9-11-27(12-10-26)20(28)8-3-15-1-6-18(7-2-15)29-21(24)25/h1-8,13,21H,9-12,14H2/b8-3-. The number of halogens is 4. The molecule has 8 heteroatoms. The maximum Gasteiger partial charge on any atom is 0.387 e. The molecule has 3 rings (SSSR count). The monoisotopic (exact) mass is 440 g/mol. The van der Waals surface area contributed by atoms with Crippen LogP contribution in [0.25, 0.3) is 6.08 Å². The molecule has 154 valence electrons. The van der Waals surface area contributed by atoms with E-state index in [0.29, 0.717) is 29.7 Å². The van der Waals surface area contributed by atoms with Gasteiger partial charge in [0.25, 0.3) is 0 Å². The minimum absolute atomic E-state index is 0.0814. The summed E-state index contributed by atoms with van der Waals surface area (Å²) in [7, 11) is 0. The van der Waals surface area contributed by atoms with Crippen molar-refractivity contribution < 1.29 is 18.3 Å². The molecule has 0 spiro atoms. The number of benzene rings is 2. The minimum Gasteiger partial charge on any atom is -0.435 e. The number of piperazine rings is 1. The molecule has 2 aromatic carbocycles. The van der Waals surface area contributed by atoms with Crippen molar-refractivity contribution in [2.75, 3.05) is 26.2 Å². The number of alkyl halides is 2. The fraction of sp³-hybridized carbons (Fsp3) is 0.286. The van der Waals surface area contributed by atoms with Crippen molar-refractivity contribution in [1.29, 1.82) is 0 Å². The van der Waals surface area contributed by atoms with Crippen LogP contribution in [0.4, 0.5) is 8.78 Å². The van der Waals surface area contributed by atoms with E-state index in [4.69, 9.17) is 23.2 Å². The Labute approximate surface area is 178 Å². The Morgan fingerprint density at radius 3 is 2.38 bits per heavy atom. The summed E-state index contributed by atoms with van der Waals surface area (Å²) in [5.74, 6) is 0.00229. The van der Waals surface area contributed by atoms with Gasteiger partial charge in [0.05, 0.1) is 0 Å². The van der Waals surface area contributed by atoms with Crippen molar-refractivity contribution in [3.8, 4) is 5.75 Å². The molecule has 1 aliphatic rings. The molecule has 1 amide bonds. The maximum atomic E-state index is 12.4. The van der Waals surface area contributed by atoms with Crippen molar-refractivity contribution in [2.24, 2.45) is 0 Å². The predicted octanol–water partition coefficient (Wildman–Crippen LogP) is 4.95. The van der Waals surface area contributed by atoms with Crippen molar-refractivity contribution in [3.05, 3.63) is 69.7 Å². The van der Waals surface area contributed by atoms with E-state index in [1.54, 1.807) is 29.2 Å². The smallest absolute Gasteiger partial charge is 0.387 e. The van der Waals surface area contributed by atoms with Gasteiger partial charge in [0.2, 0.25) is 5.91 Å². The lowest BCUT2D eigenvalue weighted by atomic mass is 10.2. The molecule has 1 saturated heterocycles. The Morgan fingerprint density at radius 1 is 1.07 bits per heavy atom. The van der Waals surface area contributed by atoms with Crippen LogP contribution in [0.1, 0.15) is 11.1 Å². The van der Waals surface area contributed by atoms with Gasteiger partial charge >= 0.3 is 6.61 Å². The molecule has 29 heavy (non-hydrogen) atoms. The van der Waals surface area contributed by atoms with Gasteiger partial charge in [0.15, 0.2) is 0 Å². The minimum atomic E-state index is -2.85. The lowest BCUT2D eigenvalue weighted by molar-refractivity contribution is -0.127. The van der Waals surface area contributed by atoms with E-state index in [1.165, 1.54) is 18.2 Å². The van der Waals surface area contributed by atoms with Gasteiger partial charge in [0.1, 0.15) is 5.75 Å². The van der Waals surface area contributed by atoms with Crippen molar-refractivity contribution in [2.45, 2.75) is 13.2 Å². The first-order valence-electron chi connectivity index (χ1n) is 9.09. The van der Waals surface area contributed by atoms with Crippen LogP contribution in [0, 0.1) is 0 Å². The van der Waals surface area contributed by atoms with Gasteiger partial charge in [-0.15, -0.1) is 0 Å². The van der Waals surface area contributed by atoms with Gasteiger partial charge in [-0.1, -0.05) is 41.4 Å². The SMILES string of the molecule is O=C(/C=C\c1ccc(OC(F)F)cc1)N1CCN(Cc2ccc(Cl)cc2Cl)CC1. The van der Waals surface area contributed by atoms with Gasteiger partial charge < -0.3 is 9.64 Å². The predicted molar refractivity (Wildman–Crippen MR) is 110 cm³/mol. The zero-order valence-electron chi connectivity index (χ0n) is 15.5. The van der Waals surface area contributed by atoms with Crippen LogP contribution in [-0.2, 0) is 11.3 Å². The van der Waals surface area contributed by atoms with Gasteiger partial charge in [-0.3, -0.25) is 9.69 Å². The van der Waals surface area contributed by atoms with E-state index in [-0.39, 0.29) is 11.7 Å². The Balaban J connectivity index is 1.48. The Hall–Kier alpha value is -2.15. The van der Waals surface area contributed by atoms with Crippen LogP contribution in [-0.4, -0.2) is 48.5 Å². The molecular formula is C21H20Cl2F2N2O2. The molecule has 4 nitrogen and oxygen atoms in total. The number of amides is 1. The fourth-order valence-electron chi connectivity index (χ4n) is 3.05. The van der Waals surface area contributed by atoms with Gasteiger partial charge in [-0.2, -0.15) is 8.78 Å². The molecule has 0 unspecified atom stereocenters. The van der Waals surface area contributed by atoms with Gasteiger partial charge in [-0.25, -0.2) is 0 Å². The highest BCUT2D eigenvalue weighted by atomic mass is 35.5. The summed E-state index contributed by atoms with van der Waals surface area (Å²) in [6.45, 7) is 0.593. The molecule has 1 heterocycles. The summed E-state index contributed by atoms with van der Waals surface area (Å²) in [5.41, 5.74) is 1.74. The van der Waals surface area contributed by atoms with Crippen LogP contribution < -0.4 is 4.74 Å². The Morgan fingerprint density at radius 2 is 1.76 bits per heavy atom. The van der Waals surface area contributed by atoms with E-state index in [1.807, 2.05) is 12.1 Å². The van der Waals surface area contributed by atoms with E-state index < -0.39 is 6.61 Å². The number of nitrogens with zero attached hydrogens (tertiary/aromatic N) is 2. The zero-order chi connectivity index (χ0) is 20.8. The molecule has 1 fully saturated rings. The second kappa shape index (κ2) is 10.1. The first-order valence-corrected chi connectivity index (χ1v) is 9.84. The van der Waals surface area contributed by atoms with Crippen LogP contribution >= 0.6 is 23.2 Å². The molecule has 2 aromatic rings. The van der Waals surface area contributed by atoms with E-state index in [2.05, 4.69) is 9.64 Å². The third kappa shape index (κ3) is 6.42. The molecule has 0 atom stereocenters. The average molecular weight is 441 g/mol. The van der Waals surface area contributed by atoms with E-state index in [9.17, 15) is 13.6 Å². The molecule has 1 aliphatic heterocycles. The van der Waals surface area contributed by atoms with Crippen LogP contribution in [0.2, 0.25) is 10.0 Å². The summed E-state index contributed by atoms with van der Waals surface area (Å²) in [6.07, 6.45) is 3.16. The molecule has 0 aliphatic carbocycles. The zero-order valence-corrected chi connectivity index (χ0v) is 17.0. The number of carbonyl (C=O) groups excluding carboxylic acids is 1. The number of rotatable bonds is 6. The van der Waals surface area contributed by atoms with Crippen LogP contribution in [0.3, 0.4) is 0 Å². The summed E-state index contributed by atoms with van der Waals surface area (Å²) in [6, 6.07) is 11.6. The fourth-order valence-corrected chi connectivity index (χ4v) is 3.52. The molecule has 0 saturated carbocycles. The number of ether oxygens (including phenoxy) is 1. The summed E-state index contributed by atoms with van der Waals surface area (Å²) in [5, 5.41) is 1.25. The third-order valence-corrected chi connectivity index (χ3v) is 5.20. The number of hydrogen-bond acceptors (Lipinski definition) is 3. The first-order chi connectivity index (χ1) is 13.9. The second-order valence-corrected chi connectivity index (χ2v) is 7.46. The van der Waals surface area contributed by atoms with Crippen LogP contribution in [0.15, 0.2) is 48.5 Å². The molecule has 0 bridgehead atoms. The Bertz CT molecular complexity index is 867. The normalized spacial score (nSPS) is 15.3. The Kier molecular flexibility index (Phi) is 7.47. The molecule has 0 radical (unpaired) electrons. The highest BCUT2D eigenvalue weighted by molar-refractivity contribution is 6.35. The average Bonchev–Trinajstić information content (AvgIpc) is 2.69. The first kappa shape index (κ1) is 21.6. The number of hydrogen-bond donors (Lipinski definition) is 0. The lowest BCUT2D eigenvalue weighted by Gasteiger charge is -2.34. The topological polar surface area (TPSA) is 32.8 Å². The van der Waals surface area contributed by atoms with Crippen LogP contribution in [0.5, 0.6) is 5.75 Å². The molecule has 0 aromatic heterocycles. The molecular weight excluding hydrogens is 421 g/mol. The quantitative estimate of drug-likeness (QED) is 0.595.